The van der Waals surface area contributed by atoms with Gasteiger partial charge in [-0.25, -0.2) is 0 Å². The van der Waals surface area contributed by atoms with Crippen molar-refractivity contribution in [2.75, 3.05) is 13.1 Å². The van der Waals surface area contributed by atoms with Crippen molar-refractivity contribution in [3.8, 4) is 0 Å². The van der Waals surface area contributed by atoms with Gasteiger partial charge in [-0.15, -0.1) is 0 Å². The molecular formula is C37H58N6O4. The molecule has 2 saturated carbocycles. The Balaban J connectivity index is 1.58. The molecule has 7 N–H and O–H groups in total. The molecule has 10 nitrogen and oxygen atoms in total. The Morgan fingerprint density at radius 3 is 1.36 bits per heavy atom. The Hall–Kier alpha value is -2.76. The highest BCUT2D eigenvalue weighted by Gasteiger charge is 2.30. The molecule has 2 fully saturated rings. The molecule has 4 bridgehead atoms. The number of aromatic nitrogens is 1. The fourth-order valence-corrected chi connectivity index (χ4v) is 8.65. The Labute approximate surface area is 280 Å². The second-order valence-corrected chi connectivity index (χ2v) is 13.9. The molecule has 2 aliphatic carbocycles. The summed E-state index contributed by atoms with van der Waals surface area (Å²) >= 11 is 0. The van der Waals surface area contributed by atoms with E-state index >= 15 is 0 Å². The zero-order valence-corrected chi connectivity index (χ0v) is 28.9. The van der Waals surface area contributed by atoms with Gasteiger partial charge in [0, 0.05) is 68.3 Å². The number of carbonyl (C=O) groups is 2. The van der Waals surface area contributed by atoms with Gasteiger partial charge < -0.3 is 36.5 Å². The molecule has 0 amide bonds. The lowest BCUT2D eigenvalue weighted by Crippen LogP contribution is -2.50. The number of rotatable bonds is 9. The molecule has 260 valence electrons. The van der Waals surface area contributed by atoms with E-state index in [-0.39, 0.29) is 13.1 Å². The van der Waals surface area contributed by atoms with Crippen molar-refractivity contribution < 1.29 is 19.8 Å². The molecule has 3 aliphatic rings. The van der Waals surface area contributed by atoms with E-state index in [1.807, 2.05) is 0 Å². The van der Waals surface area contributed by atoms with Gasteiger partial charge in [0.25, 0.3) is 0 Å². The van der Waals surface area contributed by atoms with Crippen molar-refractivity contribution in [1.82, 2.24) is 31.2 Å². The van der Waals surface area contributed by atoms with Crippen LogP contribution in [0.25, 0.3) is 0 Å². The molecule has 0 spiro atoms. The third kappa shape index (κ3) is 9.03. The number of nitrogens with one attached hydrogen (secondary N) is 5. The summed E-state index contributed by atoms with van der Waals surface area (Å²) in [7, 11) is 0. The van der Waals surface area contributed by atoms with E-state index in [0.29, 0.717) is 30.7 Å². The highest BCUT2D eigenvalue weighted by atomic mass is 16.4. The molecule has 1 aromatic heterocycles. The number of hydrogen-bond acceptors (Lipinski definition) is 7. The van der Waals surface area contributed by atoms with Crippen LogP contribution in [0.1, 0.15) is 117 Å². The smallest absolute Gasteiger partial charge is 0.317 e. The molecule has 5 rings (SSSR count). The minimum Gasteiger partial charge on any atom is -0.480 e. The molecule has 1 aliphatic heterocycles. The van der Waals surface area contributed by atoms with Crippen molar-refractivity contribution in [2.24, 2.45) is 0 Å². The van der Waals surface area contributed by atoms with Crippen LogP contribution in [-0.4, -0.2) is 69.3 Å². The maximum absolute atomic E-state index is 11.8. The lowest BCUT2D eigenvalue weighted by molar-refractivity contribution is -0.142. The van der Waals surface area contributed by atoms with Crippen LogP contribution in [0.2, 0.25) is 0 Å². The lowest BCUT2D eigenvalue weighted by Gasteiger charge is -2.36. The van der Waals surface area contributed by atoms with E-state index in [2.05, 4.69) is 59.2 Å². The van der Waals surface area contributed by atoms with Crippen molar-refractivity contribution >= 4 is 11.9 Å². The fraction of sp³-hybridized carbons (Fsp3) is 0.676. The second-order valence-electron chi connectivity index (χ2n) is 13.9. The second kappa shape index (κ2) is 17.1. The first-order valence-corrected chi connectivity index (χ1v) is 18.2. The Kier molecular flexibility index (Phi) is 12.9. The zero-order valence-electron chi connectivity index (χ0n) is 28.9. The van der Waals surface area contributed by atoms with Gasteiger partial charge in [0.15, 0.2) is 0 Å². The molecule has 0 saturated heterocycles. The first kappa shape index (κ1) is 35.5. The maximum Gasteiger partial charge on any atom is 0.317 e. The van der Waals surface area contributed by atoms with E-state index in [1.54, 1.807) is 4.90 Å². The average molecular weight is 651 g/mol. The number of hydrogen-bond donors (Lipinski definition) is 7. The molecule has 0 radical (unpaired) electrons. The molecule has 4 atom stereocenters. The quantitative estimate of drug-likeness (QED) is 0.211. The number of H-pyrrole nitrogens is 1. The van der Waals surface area contributed by atoms with Gasteiger partial charge in [0.2, 0.25) is 0 Å². The summed E-state index contributed by atoms with van der Waals surface area (Å²) in [5, 5.41) is 35.2. The van der Waals surface area contributed by atoms with Gasteiger partial charge in [-0.05, 0) is 90.5 Å². The summed E-state index contributed by atoms with van der Waals surface area (Å²) in [6.45, 7) is 9.47. The zero-order chi connectivity index (χ0) is 33.3. The SMILES string of the molecule is CCc1c2c(CC)c(CN(CC(=O)O)CC(=O)O)c(CC)c1CN[C@@H]1CCCC[C@H]1NCc1ccc([nH]1)CN[C@@H]1CCCC[C@H]1NC2. The first-order valence-electron chi connectivity index (χ1n) is 18.2. The van der Waals surface area contributed by atoms with E-state index in [0.717, 1.165) is 76.7 Å². The third-order valence-electron chi connectivity index (χ3n) is 10.9. The number of carboxylic acid groups (broad SMARTS) is 2. The number of aromatic amines is 1. The first-order chi connectivity index (χ1) is 22.8. The Bertz CT molecular complexity index is 1270. The van der Waals surface area contributed by atoms with Gasteiger partial charge in [-0.3, -0.25) is 14.5 Å². The van der Waals surface area contributed by atoms with Gasteiger partial charge in [-0.2, -0.15) is 0 Å². The number of carboxylic acids is 2. The topological polar surface area (TPSA) is 142 Å². The predicted molar refractivity (Wildman–Crippen MR) is 185 cm³/mol. The molecule has 2 aromatic rings. The summed E-state index contributed by atoms with van der Waals surface area (Å²) in [6.07, 6.45) is 12.0. The van der Waals surface area contributed by atoms with Gasteiger partial charge in [0.1, 0.15) is 0 Å². The standard InChI is InChI=1S/C37H58N6O4/c1-4-26-29-19-40-34-13-9-7-11-32(34)38-17-24-15-16-25(42-24)18-39-33-12-8-10-14-35(33)41-20-30(26)28(6-3)31(27(29)5-2)21-43(22-36(44)45)23-37(46)47/h15-16,32-35,38-42H,4-14,17-23H2,1-3H3,(H,44,45)(H,46,47)/t32-,33-,34-,35-/m1/s1. The number of nitrogens with zero attached hydrogens (tertiary/aromatic N) is 1. The summed E-state index contributed by atoms with van der Waals surface area (Å²) in [5.41, 5.74) is 10.1. The monoisotopic (exact) mass is 650 g/mol. The lowest BCUT2D eigenvalue weighted by atomic mass is 9.82. The number of benzene rings is 1. The minimum atomic E-state index is -1.01. The van der Waals surface area contributed by atoms with Crippen molar-refractivity contribution in [1.29, 1.82) is 0 Å². The largest absolute Gasteiger partial charge is 0.480 e. The van der Waals surface area contributed by atoms with E-state index in [1.165, 1.54) is 64.9 Å². The molecule has 47 heavy (non-hydrogen) atoms. The van der Waals surface area contributed by atoms with E-state index < -0.39 is 11.9 Å². The van der Waals surface area contributed by atoms with Crippen LogP contribution in [0.3, 0.4) is 0 Å². The highest BCUT2D eigenvalue weighted by Crippen LogP contribution is 2.33. The summed E-state index contributed by atoms with van der Waals surface area (Å²) < 4.78 is 0. The summed E-state index contributed by atoms with van der Waals surface area (Å²) in [4.78, 5) is 28.9. The summed E-state index contributed by atoms with van der Waals surface area (Å²) in [5.74, 6) is -2.02. The molecule has 10 heteroatoms. The molecule has 2 heterocycles. The molecular weight excluding hydrogens is 592 g/mol. The molecule has 0 unspecified atom stereocenters. The van der Waals surface area contributed by atoms with Crippen molar-refractivity contribution in [2.45, 2.75) is 148 Å². The van der Waals surface area contributed by atoms with Gasteiger partial charge in [0.05, 0.1) is 13.1 Å². The number of fused-ring (bicyclic) bond motifs is 6. The fourth-order valence-electron chi connectivity index (χ4n) is 8.65. The third-order valence-corrected chi connectivity index (χ3v) is 10.9. The Morgan fingerprint density at radius 2 is 1.00 bits per heavy atom. The van der Waals surface area contributed by atoms with Crippen LogP contribution in [0.15, 0.2) is 12.1 Å². The predicted octanol–water partition coefficient (Wildman–Crippen LogP) is 4.37. The number of aliphatic carboxylic acids is 2. The van der Waals surface area contributed by atoms with Crippen molar-refractivity contribution in [3.63, 3.8) is 0 Å². The van der Waals surface area contributed by atoms with Gasteiger partial charge >= 0.3 is 11.9 Å². The van der Waals surface area contributed by atoms with Crippen LogP contribution in [0.5, 0.6) is 0 Å². The van der Waals surface area contributed by atoms with E-state index in [9.17, 15) is 19.8 Å². The normalized spacial score (nSPS) is 24.2. The van der Waals surface area contributed by atoms with Gasteiger partial charge in [-0.1, -0.05) is 46.5 Å². The van der Waals surface area contributed by atoms with Crippen LogP contribution < -0.4 is 21.3 Å². The highest BCUT2D eigenvalue weighted by molar-refractivity contribution is 5.72. The Morgan fingerprint density at radius 1 is 0.617 bits per heavy atom. The van der Waals surface area contributed by atoms with Crippen LogP contribution in [-0.2, 0) is 61.6 Å². The summed E-state index contributed by atoms with van der Waals surface area (Å²) in [6, 6.07) is 5.90. The average Bonchev–Trinajstić information content (AvgIpc) is 3.51. The van der Waals surface area contributed by atoms with E-state index in [4.69, 9.17) is 0 Å². The molecule has 1 aromatic carbocycles. The maximum atomic E-state index is 11.8. The van der Waals surface area contributed by atoms with Crippen LogP contribution in [0.4, 0.5) is 0 Å². The minimum absolute atomic E-state index is 0.304. The van der Waals surface area contributed by atoms with Crippen LogP contribution >= 0.6 is 0 Å². The van der Waals surface area contributed by atoms with Crippen LogP contribution in [0, 0.1) is 0 Å². The van der Waals surface area contributed by atoms with Crippen molar-refractivity contribution in [3.05, 3.63) is 56.9 Å².